The van der Waals surface area contributed by atoms with E-state index in [0.29, 0.717) is 42.0 Å². The Morgan fingerprint density at radius 2 is 1.52 bits per heavy atom. The van der Waals surface area contributed by atoms with E-state index in [9.17, 15) is 14.4 Å². The SMILES string of the molecule is O=C(NCCNC(=O)c1ccc(OC2CCC(C(=O)O)CC2)cc1Cl)c1ccc(Cl)c(Cl)c1. The van der Waals surface area contributed by atoms with Crippen LogP contribution in [0.3, 0.4) is 0 Å². The zero-order chi connectivity index (χ0) is 24.0. The summed E-state index contributed by atoms with van der Waals surface area (Å²) in [4.78, 5) is 35.6. The molecule has 2 amide bonds. The van der Waals surface area contributed by atoms with Crippen molar-refractivity contribution >= 4 is 52.6 Å². The second kappa shape index (κ2) is 11.6. The van der Waals surface area contributed by atoms with Crippen LogP contribution in [-0.4, -0.2) is 42.1 Å². The maximum Gasteiger partial charge on any atom is 0.306 e. The molecular formula is C23H23Cl3N2O5. The molecule has 1 aliphatic rings. The fourth-order valence-corrected chi connectivity index (χ4v) is 4.11. The van der Waals surface area contributed by atoms with Gasteiger partial charge in [-0.15, -0.1) is 0 Å². The molecule has 0 heterocycles. The molecule has 2 aromatic rings. The number of carbonyl (C=O) groups excluding carboxylic acids is 2. The Bertz CT molecular complexity index is 1040. The van der Waals surface area contributed by atoms with Crippen LogP contribution in [0.25, 0.3) is 0 Å². The first kappa shape index (κ1) is 25.1. The fourth-order valence-electron chi connectivity index (χ4n) is 3.56. The van der Waals surface area contributed by atoms with E-state index < -0.39 is 5.97 Å². The number of carboxylic acid groups (broad SMARTS) is 1. The van der Waals surface area contributed by atoms with Crippen molar-refractivity contribution in [1.29, 1.82) is 0 Å². The number of halogens is 3. The van der Waals surface area contributed by atoms with Crippen molar-refractivity contribution in [2.24, 2.45) is 5.92 Å². The van der Waals surface area contributed by atoms with Crippen molar-refractivity contribution in [3.05, 3.63) is 62.6 Å². The molecule has 0 aliphatic heterocycles. The van der Waals surface area contributed by atoms with E-state index >= 15 is 0 Å². The van der Waals surface area contributed by atoms with Crippen molar-refractivity contribution in [1.82, 2.24) is 10.6 Å². The number of nitrogens with one attached hydrogen (secondary N) is 2. The highest BCUT2D eigenvalue weighted by molar-refractivity contribution is 6.42. The predicted octanol–water partition coefficient (Wildman–Crippen LogP) is 4.83. The zero-order valence-electron chi connectivity index (χ0n) is 17.6. The summed E-state index contributed by atoms with van der Waals surface area (Å²) in [6.45, 7) is 0.413. The summed E-state index contributed by atoms with van der Waals surface area (Å²) >= 11 is 18.0. The van der Waals surface area contributed by atoms with Crippen LogP contribution in [-0.2, 0) is 4.79 Å². The maximum absolute atomic E-state index is 12.4. The average molecular weight is 514 g/mol. The molecule has 0 radical (unpaired) electrons. The smallest absolute Gasteiger partial charge is 0.306 e. The van der Waals surface area contributed by atoms with Crippen LogP contribution in [0.4, 0.5) is 0 Å². The predicted molar refractivity (Wildman–Crippen MR) is 127 cm³/mol. The van der Waals surface area contributed by atoms with Gasteiger partial charge in [0, 0.05) is 18.7 Å². The number of aliphatic carboxylic acids is 1. The van der Waals surface area contributed by atoms with Gasteiger partial charge in [-0.3, -0.25) is 14.4 Å². The van der Waals surface area contributed by atoms with Gasteiger partial charge in [-0.25, -0.2) is 0 Å². The summed E-state index contributed by atoms with van der Waals surface area (Å²) in [6.07, 6.45) is 2.40. The number of ether oxygens (including phenoxy) is 1. The standard InChI is InChI=1S/C23H23Cl3N2O5/c24-18-8-3-14(11-20(18)26)21(29)27-9-10-28-22(30)17-7-6-16(12-19(17)25)33-15-4-1-13(2-5-15)23(31)32/h3,6-8,11-13,15H,1-2,4-5,9-10H2,(H,27,29)(H,28,30)(H,31,32). The van der Waals surface area contributed by atoms with E-state index in [1.165, 1.54) is 12.1 Å². The Morgan fingerprint density at radius 3 is 2.12 bits per heavy atom. The third-order valence-electron chi connectivity index (χ3n) is 5.39. The number of amides is 2. The third kappa shape index (κ3) is 7.00. The Kier molecular flexibility index (Phi) is 8.83. The monoisotopic (exact) mass is 512 g/mol. The van der Waals surface area contributed by atoms with Gasteiger partial charge in [0.2, 0.25) is 0 Å². The zero-order valence-corrected chi connectivity index (χ0v) is 19.8. The minimum atomic E-state index is -0.763. The second-order valence-corrected chi connectivity index (χ2v) is 8.93. The molecule has 0 atom stereocenters. The summed E-state index contributed by atoms with van der Waals surface area (Å²) < 4.78 is 5.91. The number of hydrogen-bond acceptors (Lipinski definition) is 4. The Hall–Kier alpha value is -2.48. The lowest BCUT2D eigenvalue weighted by Gasteiger charge is -2.26. The third-order valence-corrected chi connectivity index (χ3v) is 6.44. The van der Waals surface area contributed by atoms with Crippen molar-refractivity contribution in [2.75, 3.05) is 13.1 Å². The number of carboxylic acids is 1. The topological polar surface area (TPSA) is 105 Å². The van der Waals surface area contributed by atoms with Gasteiger partial charge in [0.1, 0.15) is 5.75 Å². The first-order chi connectivity index (χ1) is 15.7. The maximum atomic E-state index is 12.4. The number of rotatable bonds is 8. The van der Waals surface area contributed by atoms with Crippen molar-refractivity contribution in [3.8, 4) is 5.75 Å². The Morgan fingerprint density at radius 1 is 0.848 bits per heavy atom. The van der Waals surface area contributed by atoms with Crippen LogP contribution >= 0.6 is 34.8 Å². The van der Waals surface area contributed by atoms with E-state index in [4.69, 9.17) is 44.6 Å². The highest BCUT2D eigenvalue weighted by Gasteiger charge is 2.27. The van der Waals surface area contributed by atoms with E-state index in [-0.39, 0.29) is 52.5 Å². The molecule has 2 aromatic carbocycles. The summed E-state index contributed by atoms with van der Waals surface area (Å²) in [5.74, 6) is -1.25. The second-order valence-electron chi connectivity index (χ2n) is 7.71. The molecule has 10 heteroatoms. The highest BCUT2D eigenvalue weighted by atomic mass is 35.5. The molecule has 33 heavy (non-hydrogen) atoms. The first-order valence-corrected chi connectivity index (χ1v) is 11.6. The summed E-state index contributed by atoms with van der Waals surface area (Å²) in [6, 6.07) is 9.38. The van der Waals surface area contributed by atoms with Crippen molar-refractivity contribution in [3.63, 3.8) is 0 Å². The number of benzene rings is 2. The van der Waals surface area contributed by atoms with Crippen LogP contribution < -0.4 is 15.4 Å². The van der Waals surface area contributed by atoms with E-state index in [1.54, 1.807) is 24.3 Å². The summed E-state index contributed by atoms with van der Waals surface area (Å²) in [5.41, 5.74) is 0.653. The van der Waals surface area contributed by atoms with Gasteiger partial charge < -0.3 is 20.5 Å². The molecular weight excluding hydrogens is 491 g/mol. The minimum absolute atomic E-state index is 0.0736. The lowest BCUT2D eigenvalue weighted by molar-refractivity contribution is -0.143. The van der Waals surface area contributed by atoms with Crippen molar-refractivity contribution in [2.45, 2.75) is 31.8 Å². The normalized spacial score (nSPS) is 17.8. The van der Waals surface area contributed by atoms with E-state index in [1.807, 2.05) is 0 Å². The quantitative estimate of drug-likeness (QED) is 0.439. The van der Waals surface area contributed by atoms with Gasteiger partial charge in [0.25, 0.3) is 11.8 Å². The molecule has 1 aliphatic carbocycles. The molecule has 1 fully saturated rings. The molecule has 3 N–H and O–H groups in total. The molecule has 0 aromatic heterocycles. The van der Waals surface area contributed by atoms with Crippen LogP contribution in [0.5, 0.6) is 5.75 Å². The molecule has 7 nitrogen and oxygen atoms in total. The van der Waals surface area contributed by atoms with Crippen LogP contribution in [0, 0.1) is 5.92 Å². The lowest BCUT2D eigenvalue weighted by atomic mass is 9.87. The Balaban J connectivity index is 1.45. The van der Waals surface area contributed by atoms with E-state index in [0.717, 1.165) is 0 Å². The molecule has 1 saturated carbocycles. The Labute approximate surface area is 206 Å². The molecule has 0 spiro atoms. The fraction of sp³-hybridized carbons (Fsp3) is 0.348. The van der Waals surface area contributed by atoms with Gasteiger partial charge in [-0.2, -0.15) is 0 Å². The molecule has 0 saturated heterocycles. The molecule has 0 bridgehead atoms. The minimum Gasteiger partial charge on any atom is -0.490 e. The largest absolute Gasteiger partial charge is 0.490 e. The summed E-state index contributed by atoms with van der Waals surface area (Å²) in [5, 5.41) is 15.4. The number of carbonyl (C=O) groups is 3. The number of hydrogen-bond donors (Lipinski definition) is 3. The average Bonchev–Trinajstić information content (AvgIpc) is 2.78. The van der Waals surface area contributed by atoms with Gasteiger partial charge in [-0.1, -0.05) is 34.8 Å². The lowest BCUT2D eigenvalue weighted by Crippen LogP contribution is -2.34. The first-order valence-electron chi connectivity index (χ1n) is 10.4. The van der Waals surface area contributed by atoms with E-state index in [2.05, 4.69) is 10.6 Å². The van der Waals surface area contributed by atoms with Gasteiger partial charge >= 0.3 is 5.97 Å². The van der Waals surface area contributed by atoms with Gasteiger partial charge in [-0.05, 0) is 62.1 Å². The molecule has 3 rings (SSSR count). The summed E-state index contributed by atoms with van der Waals surface area (Å²) in [7, 11) is 0. The van der Waals surface area contributed by atoms with Crippen LogP contribution in [0.1, 0.15) is 46.4 Å². The van der Waals surface area contributed by atoms with Gasteiger partial charge in [0.05, 0.1) is 32.7 Å². The van der Waals surface area contributed by atoms with Crippen LogP contribution in [0.2, 0.25) is 15.1 Å². The molecule has 176 valence electrons. The van der Waals surface area contributed by atoms with Gasteiger partial charge in [0.15, 0.2) is 0 Å². The molecule has 0 unspecified atom stereocenters. The van der Waals surface area contributed by atoms with Crippen LogP contribution in [0.15, 0.2) is 36.4 Å². The highest BCUT2D eigenvalue weighted by Crippen LogP contribution is 2.30. The van der Waals surface area contributed by atoms with Crippen molar-refractivity contribution < 1.29 is 24.2 Å².